The third-order valence-electron chi connectivity index (χ3n) is 7.29. The summed E-state index contributed by atoms with van der Waals surface area (Å²) in [6.45, 7) is 17.5. The van der Waals surface area contributed by atoms with Crippen LogP contribution in [0.15, 0.2) is 6.07 Å². The minimum Gasteiger partial charge on any atom is -0.366 e. The lowest BCUT2D eigenvalue weighted by atomic mass is 9.87. The topological polar surface area (TPSA) is 61.4 Å². The fourth-order valence-electron chi connectivity index (χ4n) is 5.50. The number of nitrogens with zero attached hydrogens (tertiary/aromatic N) is 4. The van der Waals surface area contributed by atoms with E-state index in [1.807, 2.05) is 13.8 Å². The predicted octanol–water partition coefficient (Wildman–Crippen LogP) is 4.07. The van der Waals surface area contributed by atoms with Gasteiger partial charge in [-0.25, -0.2) is 0 Å². The highest BCUT2D eigenvalue weighted by Gasteiger charge is 2.46. The Morgan fingerprint density at radius 1 is 1.13 bits per heavy atom. The summed E-state index contributed by atoms with van der Waals surface area (Å²) in [4.78, 5) is 17.3. The van der Waals surface area contributed by atoms with E-state index in [4.69, 9.17) is 0 Å². The molecule has 2 aliphatic heterocycles. The summed E-state index contributed by atoms with van der Waals surface area (Å²) in [6, 6.07) is 2.53. The van der Waals surface area contributed by atoms with Crippen LogP contribution in [0.2, 0.25) is 0 Å². The molecule has 2 fully saturated rings. The second-order valence-corrected chi connectivity index (χ2v) is 11.5. The molecule has 3 heterocycles. The number of nitrogens with one attached hydrogen (secondary N) is 1. The average molecular weight is 414 g/mol. The summed E-state index contributed by atoms with van der Waals surface area (Å²) in [5, 5.41) is 12.6. The van der Waals surface area contributed by atoms with E-state index in [0.29, 0.717) is 18.0 Å². The summed E-state index contributed by atoms with van der Waals surface area (Å²) in [5.41, 5.74) is 0.886. The zero-order valence-corrected chi connectivity index (χ0v) is 19.7. The molecule has 1 unspecified atom stereocenters. The standard InChI is InChI=1S/C24H39N5O/c1-7-9-29-21-19(24(5,6)22(29)30)13-20(26-27-21)25-18-11-16-14-28(15-17(16)12-18)10-8-23(2,3)4/h13,16-18H,7-12,14-15H2,1-6H3,(H,25,26)/t16-,17?,18+/m1/s1. The molecule has 1 saturated carbocycles. The van der Waals surface area contributed by atoms with Gasteiger partial charge in [-0.3, -0.25) is 9.69 Å². The molecule has 1 aliphatic carbocycles. The molecule has 1 aromatic rings. The number of amides is 1. The van der Waals surface area contributed by atoms with E-state index in [-0.39, 0.29) is 5.91 Å². The number of carbonyl (C=O) groups excluding carboxylic acids is 1. The van der Waals surface area contributed by atoms with Crippen LogP contribution in [0.4, 0.5) is 11.6 Å². The first kappa shape index (κ1) is 21.5. The second kappa shape index (κ2) is 7.77. The van der Waals surface area contributed by atoms with Crippen molar-refractivity contribution >= 4 is 17.5 Å². The van der Waals surface area contributed by atoms with Crippen LogP contribution in [0.25, 0.3) is 0 Å². The van der Waals surface area contributed by atoms with Crippen LogP contribution in [-0.4, -0.2) is 53.2 Å². The summed E-state index contributed by atoms with van der Waals surface area (Å²) in [5.74, 6) is 3.29. The average Bonchev–Trinajstić information content (AvgIpc) is 3.26. The van der Waals surface area contributed by atoms with Crippen molar-refractivity contribution in [3.05, 3.63) is 11.6 Å². The number of likely N-dealkylation sites (tertiary alicyclic amines) is 1. The molecular formula is C24H39N5O. The molecule has 1 aromatic heterocycles. The van der Waals surface area contributed by atoms with E-state index in [1.54, 1.807) is 4.90 Å². The number of hydrogen-bond acceptors (Lipinski definition) is 5. The first-order valence-electron chi connectivity index (χ1n) is 11.8. The van der Waals surface area contributed by atoms with Gasteiger partial charge in [-0.05, 0) is 69.4 Å². The maximum Gasteiger partial charge on any atom is 0.238 e. The summed E-state index contributed by atoms with van der Waals surface area (Å²) in [6.07, 6.45) is 4.60. The number of hydrogen-bond donors (Lipinski definition) is 1. The molecule has 6 heteroatoms. The van der Waals surface area contributed by atoms with Gasteiger partial charge in [0.1, 0.15) is 5.82 Å². The fourth-order valence-corrected chi connectivity index (χ4v) is 5.50. The molecule has 3 aliphatic rings. The van der Waals surface area contributed by atoms with Crippen molar-refractivity contribution in [2.24, 2.45) is 17.3 Å². The van der Waals surface area contributed by atoms with Crippen molar-refractivity contribution in [1.29, 1.82) is 0 Å². The number of anilines is 2. The predicted molar refractivity (Wildman–Crippen MR) is 122 cm³/mol. The smallest absolute Gasteiger partial charge is 0.238 e. The Balaban J connectivity index is 1.37. The number of aromatic nitrogens is 2. The molecule has 1 saturated heterocycles. The minimum atomic E-state index is -0.531. The first-order chi connectivity index (χ1) is 14.1. The molecule has 1 amide bonds. The number of carbonyl (C=O) groups is 1. The summed E-state index contributed by atoms with van der Waals surface area (Å²) in [7, 11) is 0. The Morgan fingerprint density at radius 2 is 1.80 bits per heavy atom. The maximum atomic E-state index is 12.8. The Hall–Kier alpha value is -1.69. The highest BCUT2D eigenvalue weighted by molar-refractivity contribution is 6.06. The van der Waals surface area contributed by atoms with E-state index in [9.17, 15) is 4.79 Å². The molecule has 30 heavy (non-hydrogen) atoms. The molecule has 6 nitrogen and oxygen atoms in total. The van der Waals surface area contributed by atoms with Crippen LogP contribution in [0.5, 0.6) is 0 Å². The van der Waals surface area contributed by atoms with Crippen molar-refractivity contribution < 1.29 is 4.79 Å². The maximum absolute atomic E-state index is 12.8. The quantitative estimate of drug-likeness (QED) is 0.762. The Labute approximate surface area is 181 Å². The van der Waals surface area contributed by atoms with Crippen molar-refractivity contribution in [3.8, 4) is 0 Å². The van der Waals surface area contributed by atoms with Crippen LogP contribution in [0.1, 0.15) is 72.8 Å². The normalized spacial score (nSPS) is 28.1. The van der Waals surface area contributed by atoms with E-state index < -0.39 is 5.41 Å². The summed E-state index contributed by atoms with van der Waals surface area (Å²) < 4.78 is 0. The molecule has 1 N–H and O–H groups in total. The van der Waals surface area contributed by atoms with Crippen molar-refractivity contribution in [2.75, 3.05) is 36.4 Å². The van der Waals surface area contributed by atoms with E-state index in [1.165, 1.54) is 38.9 Å². The lowest BCUT2D eigenvalue weighted by Crippen LogP contribution is -2.36. The molecular weight excluding hydrogens is 374 g/mol. The number of rotatable bonds is 6. The van der Waals surface area contributed by atoms with Gasteiger partial charge in [0.2, 0.25) is 5.91 Å². The van der Waals surface area contributed by atoms with Gasteiger partial charge in [0.25, 0.3) is 0 Å². The molecule has 0 spiro atoms. The Kier molecular flexibility index (Phi) is 5.58. The molecule has 3 atom stereocenters. The largest absolute Gasteiger partial charge is 0.366 e. The van der Waals surface area contributed by atoms with Gasteiger partial charge in [0.15, 0.2) is 5.82 Å². The molecule has 4 rings (SSSR count). The third-order valence-corrected chi connectivity index (χ3v) is 7.29. The fraction of sp³-hybridized carbons (Fsp3) is 0.792. The third kappa shape index (κ3) is 4.08. The van der Waals surface area contributed by atoms with Crippen molar-refractivity contribution in [2.45, 2.75) is 78.7 Å². The van der Waals surface area contributed by atoms with Crippen LogP contribution < -0.4 is 10.2 Å². The number of fused-ring (bicyclic) bond motifs is 2. The molecule has 166 valence electrons. The van der Waals surface area contributed by atoms with E-state index in [0.717, 1.165) is 35.5 Å². The van der Waals surface area contributed by atoms with Gasteiger partial charge in [-0.2, -0.15) is 0 Å². The van der Waals surface area contributed by atoms with Gasteiger partial charge >= 0.3 is 0 Å². The zero-order chi connectivity index (χ0) is 21.7. The molecule has 0 bridgehead atoms. The van der Waals surface area contributed by atoms with Gasteiger partial charge in [-0.1, -0.05) is 27.7 Å². The van der Waals surface area contributed by atoms with E-state index >= 15 is 0 Å². The van der Waals surface area contributed by atoms with Crippen LogP contribution in [0, 0.1) is 17.3 Å². The minimum absolute atomic E-state index is 0.136. The van der Waals surface area contributed by atoms with Gasteiger partial charge in [0.05, 0.1) is 5.41 Å². The SMILES string of the molecule is CCCN1C(=O)C(C)(C)c2cc(N[C@@H]3CC4CN(CCC(C)(C)C)C[C@H]4C3)nnc21. The highest BCUT2D eigenvalue weighted by Crippen LogP contribution is 2.42. The summed E-state index contributed by atoms with van der Waals surface area (Å²) >= 11 is 0. The Bertz CT molecular complexity index is 785. The second-order valence-electron chi connectivity index (χ2n) is 11.5. The van der Waals surface area contributed by atoms with Crippen LogP contribution in [-0.2, 0) is 10.2 Å². The van der Waals surface area contributed by atoms with Gasteiger partial charge in [0, 0.05) is 31.2 Å². The van der Waals surface area contributed by atoms with E-state index in [2.05, 4.69) is 54.2 Å². The lowest BCUT2D eigenvalue weighted by molar-refractivity contribution is -0.122. The first-order valence-corrected chi connectivity index (χ1v) is 11.8. The highest BCUT2D eigenvalue weighted by atomic mass is 16.2. The van der Waals surface area contributed by atoms with Gasteiger partial charge < -0.3 is 10.2 Å². The lowest BCUT2D eigenvalue weighted by Gasteiger charge is -2.24. The van der Waals surface area contributed by atoms with Crippen molar-refractivity contribution in [3.63, 3.8) is 0 Å². The Morgan fingerprint density at radius 3 is 2.40 bits per heavy atom. The van der Waals surface area contributed by atoms with Crippen LogP contribution >= 0.6 is 0 Å². The van der Waals surface area contributed by atoms with Gasteiger partial charge in [-0.15, -0.1) is 10.2 Å². The zero-order valence-electron chi connectivity index (χ0n) is 19.7. The van der Waals surface area contributed by atoms with Crippen molar-refractivity contribution in [1.82, 2.24) is 15.1 Å². The molecule has 0 radical (unpaired) electrons. The monoisotopic (exact) mass is 413 g/mol. The van der Waals surface area contributed by atoms with Crippen LogP contribution in [0.3, 0.4) is 0 Å². The molecule has 0 aromatic carbocycles.